The van der Waals surface area contributed by atoms with Gasteiger partial charge >= 0.3 is 0 Å². The molecule has 5 rings (SSSR count). The molecular weight excluding hydrogens is 471 g/mol. The molecule has 1 amide bonds. The highest BCUT2D eigenvalue weighted by Crippen LogP contribution is 2.33. The van der Waals surface area contributed by atoms with Crippen LogP contribution in [0.4, 0.5) is 16.0 Å². The molecule has 0 aliphatic carbocycles. The van der Waals surface area contributed by atoms with Gasteiger partial charge in [0.25, 0.3) is 10.0 Å². The molecule has 3 heterocycles. The predicted octanol–water partition coefficient (Wildman–Crippen LogP) is 3.40. The van der Waals surface area contributed by atoms with Crippen LogP contribution in [0.1, 0.15) is 12.5 Å². The van der Waals surface area contributed by atoms with Gasteiger partial charge in [-0.05, 0) is 48.9 Å². The first-order valence-electron chi connectivity index (χ1n) is 9.87. The van der Waals surface area contributed by atoms with E-state index < -0.39 is 21.9 Å². The fourth-order valence-electron chi connectivity index (χ4n) is 3.81. The molecular formula is C21H16ClFN6O3S. The molecule has 0 spiro atoms. The molecule has 2 aromatic heterocycles. The van der Waals surface area contributed by atoms with Crippen LogP contribution in [0, 0.1) is 5.82 Å². The summed E-state index contributed by atoms with van der Waals surface area (Å²) in [7, 11) is -3.88. The van der Waals surface area contributed by atoms with Crippen LogP contribution >= 0.6 is 11.6 Å². The Morgan fingerprint density at radius 2 is 1.79 bits per heavy atom. The van der Waals surface area contributed by atoms with Crippen molar-refractivity contribution < 1.29 is 17.6 Å². The normalized spacial score (nSPS) is 16.5. The first-order chi connectivity index (χ1) is 15.8. The third-order valence-corrected chi connectivity index (χ3v) is 7.10. The Hall–Kier alpha value is -3.57. The molecule has 9 nitrogen and oxygen atoms in total. The van der Waals surface area contributed by atoms with E-state index in [0.717, 1.165) is 0 Å². The Bertz CT molecular complexity index is 1460. The van der Waals surface area contributed by atoms with E-state index in [2.05, 4.69) is 19.7 Å². The number of nitrogens with one attached hydrogen (secondary N) is 1. The summed E-state index contributed by atoms with van der Waals surface area (Å²) in [4.78, 5) is 26.6. The monoisotopic (exact) mass is 486 g/mol. The summed E-state index contributed by atoms with van der Waals surface area (Å²) >= 11 is 6.00. The summed E-state index contributed by atoms with van der Waals surface area (Å²) in [6.45, 7) is 0.431. The van der Waals surface area contributed by atoms with E-state index in [0.29, 0.717) is 29.7 Å². The second kappa shape index (κ2) is 8.09. The van der Waals surface area contributed by atoms with Crippen LogP contribution < -0.4 is 9.62 Å². The summed E-state index contributed by atoms with van der Waals surface area (Å²) in [5, 5.41) is -0.0835. The number of anilines is 2. The standard InChI is InChI=1S/C21H16ClFN6O3S/c22-18-15(23)6-7-16-19(18)26-12-29(16)17-8-11-28(20(17)30)13-2-4-14(5-3-13)33(31,32)27-21-24-9-1-10-25-21/h1-7,9-10,12,17H,8,11H2,(H,24,25,27)/t17-/m0/s1. The fraction of sp³-hybridized carbons (Fsp3) is 0.143. The van der Waals surface area contributed by atoms with Crippen LogP contribution in [-0.2, 0) is 14.8 Å². The van der Waals surface area contributed by atoms with Gasteiger partial charge < -0.3 is 9.47 Å². The van der Waals surface area contributed by atoms with Gasteiger partial charge in [-0.1, -0.05) is 11.6 Å². The van der Waals surface area contributed by atoms with Crippen molar-refractivity contribution in [2.45, 2.75) is 17.4 Å². The molecule has 168 valence electrons. The Morgan fingerprint density at radius 3 is 2.52 bits per heavy atom. The number of carbonyl (C=O) groups is 1. The topological polar surface area (TPSA) is 110 Å². The average Bonchev–Trinajstić information content (AvgIpc) is 3.40. The number of fused-ring (bicyclic) bond motifs is 1. The molecule has 1 aliphatic rings. The van der Waals surface area contributed by atoms with Crippen molar-refractivity contribution in [3.05, 3.63) is 72.0 Å². The van der Waals surface area contributed by atoms with E-state index >= 15 is 0 Å². The van der Waals surface area contributed by atoms with Crippen LogP contribution in [0.2, 0.25) is 5.02 Å². The van der Waals surface area contributed by atoms with E-state index in [1.54, 1.807) is 33.7 Å². The summed E-state index contributed by atoms with van der Waals surface area (Å²) in [6, 6.07) is 9.80. The zero-order valence-electron chi connectivity index (χ0n) is 16.9. The summed E-state index contributed by atoms with van der Waals surface area (Å²) in [5.41, 5.74) is 1.43. The van der Waals surface area contributed by atoms with E-state index in [9.17, 15) is 17.6 Å². The Labute approximate surface area is 192 Å². The largest absolute Gasteiger partial charge is 0.318 e. The molecule has 2 aromatic carbocycles. The third kappa shape index (κ3) is 3.79. The number of amides is 1. The lowest BCUT2D eigenvalue weighted by Gasteiger charge is -2.18. The van der Waals surface area contributed by atoms with Crippen LogP contribution in [0.15, 0.2) is 66.1 Å². The lowest BCUT2D eigenvalue weighted by molar-refractivity contribution is -0.119. The maximum atomic E-state index is 13.7. The molecule has 1 saturated heterocycles. The highest BCUT2D eigenvalue weighted by molar-refractivity contribution is 7.92. The zero-order valence-corrected chi connectivity index (χ0v) is 18.5. The number of sulfonamides is 1. The molecule has 0 radical (unpaired) electrons. The van der Waals surface area contributed by atoms with Gasteiger partial charge in [0.2, 0.25) is 11.9 Å². The molecule has 12 heteroatoms. The summed E-state index contributed by atoms with van der Waals surface area (Å²) < 4.78 is 42.8. The van der Waals surface area contributed by atoms with Gasteiger partial charge in [0.1, 0.15) is 22.4 Å². The molecule has 33 heavy (non-hydrogen) atoms. The van der Waals surface area contributed by atoms with Gasteiger partial charge in [-0.2, -0.15) is 0 Å². The molecule has 4 aromatic rings. The number of nitrogens with zero attached hydrogens (tertiary/aromatic N) is 5. The number of imidazole rings is 1. The van der Waals surface area contributed by atoms with Crippen molar-refractivity contribution in [3.63, 3.8) is 0 Å². The van der Waals surface area contributed by atoms with Crippen molar-refractivity contribution in [2.75, 3.05) is 16.2 Å². The van der Waals surface area contributed by atoms with Crippen LogP contribution in [0.25, 0.3) is 11.0 Å². The van der Waals surface area contributed by atoms with Crippen LogP contribution in [-0.4, -0.2) is 40.4 Å². The number of rotatable bonds is 5. The van der Waals surface area contributed by atoms with Gasteiger partial charge in [0.05, 0.1) is 16.7 Å². The minimum Gasteiger partial charge on any atom is -0.318 e. The number of hydrogen-bond acceptors (Lipinski definition) is 6. The van der Waals surface area contributed by atoms with Crippen molar-refractivity contribution in [1.29, 1.82) is 0 Å². The van der Waals surface area contributed by atoms with Gasteiger partial charge in [-0.3, -0.25) is 4.79 Å². The van der Waals surface area contributed by atoms with Gasteiger partial charge in [-0.25, -0.2) is 32.5 Å². The average molecular weight is 487 g/mol. The number of carbonyl (C=O) groups excluding carboxylic acids is 1. The second-order valence-corrected chi connectivity index (χ2v) is 9.41. The fourth-order valence-corrected chi connectivity index (χ4v) is 4.97. The van der Waals surface area contributed by atoms with Gasteiger partial charge in [0, 0.05) is 24.6 Å². The van der Waals surface area contributed by atoms with Gasteiger partial charge in [0.15, 0.2) is 0 Å². The minimum atomic E-state index is -3.88. The highest BCUT2D eigenvalue weighted by atomic mass is 35.5. The molecule has 0 saturated carbocycles. The third-order valence-electron chi connectivity index (χ3n) is 5.40. The Balaban J connectivity index is 1.37. The molecule has 1 N–H and O–H groups in total. The second-order valence-electron chi connectivity index (χ2n) is 7.35. The Morgan fingerprint density at radius 1 is 1.06 bits per heavy atom. The first kappa shape index (κ1) is 21.3. The maximum Gasteiger partial charge on any atom is 0.264 e. The smallest absolute Gasteiger partial charge is 0.264 e. The van der Waals surface area contributed by atoms with E-state index in [4.69, 9.17) is 11.6 Å². The van der Waals surface area contributed by atoms with Crippen molar-refractivity contribution in [2.24, 2.45) is 0 Å². The molecule has 0 bridgehead atoms. The molecule has 0 unspecified atom stereocenters. The van der Waals surface area contributed by atoms with E-state index in [1.165, 1.54) is 36.9 Å². The molecule has 1 atom stereocenters. The lowest BCUT2D eigenvalue weighted by atomic mass is 10.2. The van der Waals surface area contributed by atoms with Crippen molar-refractivity contribution >= 4 is 50.2 Å². The number of benzene rings is 2. The van der Waals surface area contributed by atoms with E-state index in [1.807, 2.05) is 0 Å². The predicted molar refractivity (Wildman–Crippen MR) is 120 cm³/mol. The van der Waals surface area contributed by atoms with E-state index in [-0.39, 0.29) is 21.8 Å². The molecule has 1 aliphatic heterocycles. The highest BCUT2D eigenvalue weighted by Gasteiger charge is 2.35. The molecule has 1 fully saturated rings. The number of hydrogen-bond donors (Lipinski definition) is 1. The summed E-state index contributed by atoms with van der Waals surface area (Å²) in [5.74, 6) is -0.787. The Kier molecular flexibility index (Phi) is 5.22. The number of aromatic nitrogens is 4. The summed E-state index contributed by atoms with van der Waals surface area (Å²) in [6.07, 6.45) is 4.84. The quantitative estimate of drug-likeness (QED) is 0.463. The minimum absolute atomic E-state index is 0.0131. The first-order valence-corrected chi connectivity index (χ1v) is 11.7. The van der Waals surface area contributed by atoms with Crippen LogP contribution in [0.5, 0.6) is 0 Å². The van der Waals surface area contributed by atoms with Crippen molar-refractivity contribution in [1.82, 2.24) is 19.5 Å². The number of halogens is 2. The zero-order chi connectivity index (χ0) is 23.2. The maximum absolute atomic E-state index is 13.7. The van der Waals surface area contributed by atoms with Crippen molar-refractivity contribution in [3.8, 4) is 0 Å². The lowest BCUT2D eigenvalue weighted by Crippen LogP contribution is -2.28. The van der Waals surface area contributed by atoms with Crippen LogP contribution in [0.3, 0.4) is 0 Å². The SMILES string of the molecule is O=C1[C@@H](n2cnc3c(Cl)c(F)ccc32)CCN1c1ccc(S(=O)(=O)Nc2ncccn2)cc1. The van der Waals surface area contributed by atoms with Gasteiger partial charge in [-0.15, -0.1) is 0 Å².